The topological polar surface area (TPSA) is 37.9 Å². The molecule has 0 spiro atoms. The van der Waals surface area contributed by atoms with Gasteiger partial charge in [0.05, 0.1) is 11.0 Å². The number of pyridine rings is 1. The third kappa shape index (κ3) is 4.09. The number of hydrogen-bond donors (Lipinski definition) is 1. The Morgan fingerprint density at radius 1 is 1.03 bits per heavy atom. The van der Waals surface area contributed by atoms with Crippen molar-refractivity contribution in [1.82, 2.24) is 9.97 Å². The van der Waals surface area contributed by atoms with Crippen LogP contribution in [0.3, 0.4) is 0 Å². The zero-order chi connectivity index (χ0) is 21.4. The second-order valence-corrected chi connectivity index (χ2v) is 9.66. The molecule has 4 unspecified atom stereocenters. The molecule has 2 saturated carbocycles. The Balaban J connectivity index is 1.34. The van der Waals surface area contributed by atoms with E-state index in [2.05, 4.69) is 35.9 Å². The van der Waals surface area contributed by atoms with Crippen molar-refractivity contribution < 1.29 is 9.13 Å². The predicted octanol–water partition coefficient (Wildman–Crippen LogP) is 7.31. The minimum Gasteiger partial charge on any atom is -0.475 e. The van der Waals surface area contributed by atoms with E-state index in [1.807, 2.05) is 18.2 Å². The number of unbranched alkanes of at least 4 members (excludes halogenated alkanes) is 2. The molecule has 2 aliphatic carbocycles. The van der Waals surface area contributed by atoms with Gasteiger partial charge in [-0.15, -0.1) is 0 Å². The smallest absolute Gasteiger partial charge is 0.193 e. The molecule has 2 aromatic heterocycles. The van der Waals surface area contributed by atoms with Crippen molar-refractivity contribution in [2.24, 2.45) is 17.8 Å². The highest BCUT2D eigenvalue weighted by Crippen LogP contribution is 2.48. The predicted molar refractivity (Wildman–Crippen MR) is 124 cm³/mol. The number of H-pyrrole nitrogens is 1. The molecule has 0 radical (unpaired) electrons. The molecule has 0 aliphatic heterocycles. The van der Waals surface area contributed by atoms with E-state index in [-0.39, 0.29) is 11.9 Å². The number of rotatable bonds is 7. The van der Waals surface area contributed by atoms with Crippen LogP contribution in [0, 0.1) is 23.6 Å². The van der Waals surface area contributed by atoms with Gasteiger partial charge in [-0.3, -0.25) is 0 Å². The van der Waals surface area contributed by atoms with Crippen molar-refractivity contribution in [1.29, 1.82) is 0 Å². The number of nitrogens with one attached hydrogen (secondary N) is 1. The lowest BCUT2D eigenvalue weighted by Gasteiger charge is -2.19. The van der Waals surface area contributed by atoms with Crippen LogP contribution in [0.25, 0.3) is 22.3 Å². The van der Waals surface area contributed by atoms with E-state index in [4.69, 9.17) is 4.74 Å². The quantitative estimate of drug-likeness (QED) is 0.407. The first-order valence-corrected chi connectivity index (χ1v) is 12.1. The molecule has 0 amide bonds. The molecule has 5 rings (SSSR count). The SMILES string of the molecule is CCCCCc1ccc(-c2nc3cc(OC4CCC5C(C)CCC45)[nH]c3cc2F)cc1. The molecule has 3 nitrogen and oxygen atoms in total. The van der Waals surface area contributed by atoms with Gasteiger partial charge in [0.15, 0.2) is 11.7 Å². The molecule has 0 saturated heterocycles. The van der Waals surface area contributed by atoms with Gasteiger partial charge < -0.3 is 9.72 Å². The van der Waals surface area contributed by atoms with Gasteiger partial charge in [-0.05, 0) is 55.4 Å². The molecule has 31 heavy (non-hydrogen) atoms. The van der Waals surface area contributed by atoms with Crippen LogP contribution < -0.4 is 4.74 Å². The van der Waals surface area contributed by atoms with Crippen molar-refractivity contribution >= 4 is 11.0 Å². The second-order valence-electron chi connectivity index (χ2n) is 9.66. The summed E-state index contributed by atoms with van der Waals surface area (Å²) in [7, 11) is 0. The highest BCUT2D eigenvalue weighted by molar-refractivity contribution is 5.80. The van der Waals surface area contributed by atoms with Gasteiger partial charge in [0.1, 0.15) is 11.8 Å². The molecule has 2 aliphatic rings. The van der Waals surface area contributed by atoms with E-state index in [1.54, 1.807) is 6.07 Å². The zero-order valence-electron chi connectivity index (χ0n) is 18.7. The van der Waals surface area contributed by atoms with Crippen LogP contribution in [0.2, 0.25) is 0 Å². The first-order valence-electron chi connectivity index (χ1n) is 12.1. The van der Waals surface area contributed by atoms with Crippen molar-refractivity contribution in [3.63, 3.8) is 0 Å². The average Bonchev–Trinajstić information content (AvgIpc) is 3.45. The van der Waals surface area contributed by atoms with Crippen LogP contribution in [0.4, 0.5) is 4.39 Å². The molecule has 3 aromatic rings. The Hall–Kier alpha value is -2.36. The zero-order valence-corrected chi connectivity index (χ0v) is 18.7. The van der Waals surface area contributed by atoms with Crippen LogP contribution in [0.15, 0.2) is 36.4 Å². The Bertz CT molecular complexity index is 1040. The van der Waals surface area contributed by atoms with Crippen LogP contribution >= 0.6 is 0 Å². The maximum atomic E-state index is 14.9. The Morgan fingerprint density at radius 2 is 1.84 bits per heavy atom. The summed E-state index contributed by atoms with van der Waals surface area (Å²) < 4.78 is 21.2. The summed E-state index contributed by atoms with van der Waals surface area (Å²) >= 11 is 0. The van der Waals surface area contributed by atoms with E-state index in [0.29, 0.717) is 17.1 Å². The highest BCUT2D eigenvalue weighted by atomic mass is 19.1. The third-order valence-electron chi connectivity index (χ3n) is 7.60. The second kappa shape index (κ2) is 8.64. The van der Waals surface area contributed by atoms with Gasteiger partial charge in [-0.1, -0.05) is 57.4 Å². The minimum absolute atomic E-state index is 0.271. The molecular formula is C27H33FN2O. The lowest BCUT2D eigenvalue weighted by molar-refractivity contribution is 0.144. The van der Waals surface area contributed by atoms with Crippen LogP contribution in [0.1, 0.15) is 64.4 Å². The standard InChI is InChI=1S/C27H33FN2O/c1-3-4-5-6-18-8-10-19(11-9-18)27-22(28)15-23-24(30-27)16-26(29-23)31-25-14-13-20-17(2)7-12-21(20)25/h8-11,15-17,20-21,25,29H,3-7,12-14H2,1-2H3. The van der Waals surface area contributed by atoms with Gasteiger partial charge in [-0.25, -0.2) is 9.37 Å². The van der Waals surface area contributed by atoms with Gasteiger partial charge in [0.25, 0.3) is 0 Å². The molecule has 4 atom stereocenters. The van der Waals surface area contributed by atoms with E-state index in [0.717, 1.165) is 41.6 Å². The van der Waals surface area contributed by atoms with Crippen LogP contribution in [-0.2, 0) is 6.42 Å². The maximum Gasteiger partial charge on any atom is 0.193 e. The normalized spacial score (nSPS) is 25.3. The molecule has 1 aromatic carbocycles. The number of ether oxygens (including phenoxy) is 1. The van der Waals surface area contributed by atoms with Gasteiger partial charge in [0.2, 0.25) is 0 Å². The number of aromatic nitrogens is 2. The Labute approximate surface area is 184 Å². The van der Waals surface area contributed by atoms with E-state index >= 15 is 0 Å². The van der Waals surface area contributed by atoms with Gasteiger partial charge >= 0.3 is 0 Å². The number of halogens is 1. The summed E-state index contributed by atoms with van der Waals surface area (Å²) in [6, 6.07) is 11.7. The molecule has 2 fully saturated rings. The molecular weight excluding hydrogens is 387 g/mol. The van der Waals surface area contributed by atoms with E-state index in [1.165, 1.54) is 44.1 Å². The highest BCUT2D eigenvalue weighted by Gasteiger charge is 2.44. The Kier molecular flexibility index (Phi) is 5.73. The number of fused-ring (bicyclic) bond motifs is 2. The fourth-order valence-electron chi connectivity index (χ4n) is 5.83. The lowest BCUT2D eigenvalue weighted by atomic mass is 9.93. The van der Waals surface area contributed by atoms with Gasteiger partial charge in [0, 0.05) is 17.7 Å². The molecule has 164 valence electrons. The summed E-state index contributed by atoms with van der Waals surface area (Å²) in [5, 5.41) is 0. The number of aryl methyl sites for hydroxylation is 1. The summed E-state index contributed by atoms with van der Waals surface area (Å²) in [4.78, 5) is 7.88. The van der Waals surface area contributed by atoms with Crippen LogP contribution in [0.5, 0.6) is 5.88 Å². The molecule has 2 heterocycles. The molecule has 1 N–H and O–H groups in total. The Morgan fingerprint density at radius 3 is 2.65 bits per heavy atom. The molecule has 4 heteroatoms. The number of nitrogens with zero attached hydrogens (tertiary/aromatic N) is 1. The third-order valence-corrected chi connectivity index (χ3v) is 7.60. The fraction of sp³-hybridized carbons (Fsp3) is 0.519. The maximum absolute atomic E-state index is 14.9. The minimum atomic E-state index is -0.301. The van der Waals surface area contributed by atoms with Crippen molar-refractivity contribution in [2.75, 3.05) is 0 Å². The van der Waals surface area contributed by atoms with E-state index < -0.39 is 0 Å². The first-order chi connectivity index (χ1) is 15.1. The summed E-state index contributed by atoms with van der Waals surface area (Å²) in [6.45, 7) is 4.59. The summed E-state index contributed by atoms with van der Waals surface area (Å²) in [5.41, 5.74) is 3.98. The number of benzene rings is 1. The first kappa shape index (κ1) is 20.5. The molecule has 0 bridgehead atoms. The van der Waals surface area contributed by atoms with Gasteiger partial charge in [-0.2, -0.15) is 0 Å². The lowest BCUT2D eigenvalue weighted by Crippen LogP contribution is -2.22. The van der Waals surface area contributed by atoms with Crippen molar-refractivity contribution in [3.05, 3.63) is 47.8 Å². The monoisotopic (exact) mass is 420 g/mol. The number of aromatic amines is 1. The van der Waals surface area contributed by atoms with Crippen molar-refractivity contribution in [2.45, 2.75) is 71.3 Å². The largest absolute Gasteiger partial charge is 0.475 e. The van der Waals surface area contributed by atoms with Crippen molar-refractivity contribution in [3.8, 4) is 17.1 Å². The summed E-state index contributed by atoms with van der Waals surface area (Å²) in [5.74, 6) is 2.71. The van der Waals surface area contributed by atoms with Crippen LogP contribution in [-0.4, -0.2) is 16.1 Å². The summed E-state index contributed by atoms with van der Waals surface area (Å²) in [6.07, 6.45) is 9.97. The average molecular weight is 421 g/mol. The van der Waals surface area contributed by atoms with E-state index in [9.17, 15) is 4.39 Å². The number of hydrogen-bond acceptors (Lipinski definition) is 2. The fourth-order valence-corrected chi connectivity index (χ4v) is 5.83.